The first-order valence-corrected chi connectivity index (χ1v) is 10.0. The second-order valence-corrected chi connectivity index (χ2v) is 6.88. The molecule has 0 spiro atoms. The van der Waals surface area contributed by atoms with Gasteiger partial charge in [0.1, 0.15) is 23.0 Å². The van der Waals surface area contributed by atoms with Crippen LogP contribution in [0.5, 0.6) is 23.0 Å². The zero-order valence-corrected chi connectivity index (χ0v) is 17.3. The van der Waals surface area contributed by atoms with E-state index >= 15 is 0 Å². The zero-order valence-electron chi connectivity index (χ0n) is 17.3. The number of anilines is 2. The van der Waals surface area contributed by atoms with Gasteiger partial charge in [-0.15, -0.1) is 0 Å². The number of alkyl halides is 3. The summed E-state index contributed by atoms with van der Waals surface area (Å²) in [6, 6.07) is 17.5. The summed E-state index contributed by atoms with van der Waals surface area (Å²) in [6.45, 7) is 1.80. The molecule has 3 aromatic rings. The van der Waals surface area contributed by atoms with Crippen LogP contribution in [0.1, 0.15) is 5.56 Å². The lowest BCUT2D eigenvalue weighted by Gasteiger charge is -2.14. The summed E-state index contributed by atoms with van der Waals surface area (Å²) in [6.07, 6.45) is -4.50. The van der Waals surface area contributed by atoms with Crippen LogP contribution in [0.3, 0.4) is 0 Å². The molecule has 0 aliphatic heterocycles. The van der Waals surface area contributed by atoms with Crippen LogP contribution in [0.15, 0.2) is 66.7 Å². The van der Waals surface area contributed by atoms with Crippen molar-refractivity contribution >= 4 is 11.4 Å². The van der Waals surface area contributed by atoms with Crippen LogP contribution in [0.4, 0.5) is 24.5 Å². The molecular formula is C23H25F3N4O2. The van der Waals surface area contributed by atoms with E-state index in [9.17, 15) is 13.2 Å². The number of benzene rings is 3. The minimum Gasteiger partial charge on any atom is -0.457 e. The van der Waals surface area contributed by atoms with Crippen molar-refractivity contribution in [1.29, 1.82) is 0 Å². The Bertz CT molecular complexity index is 1010. The van der Waals surface area contributed by atoms with Gasteiger partial charge in [0.2, 0.25) is 0 Å². The molecule has 0 fully saturated rings. The van der Waals surface area contributed by atoms with Gasteiger partial charge in [0.25, 0.3) is 0 Å². The summed E-state index contributed by atoms with van der Waals surface area (Å²) < 4.78 is 51.2. The fraction of sp³-hybridized carbons (Fsp3) is 0.217. The molecule has 0 unspecified atom stereocenters. The van der Waals surface area contributed by atoms with E-state index in [0.29, 0.717) is 43.4 Å². The van der Waals surface area contributed by atoms with Crippen LogP contribution >= 0.6 is 0 Å². The van der Waals surface area contributed by atoms with Crippen molar-refractivity contribution in [3.63, 3.8) is 0 Å². The number of nitrogens with two attached hydrogens (primary N) is 2. The van der Waals surface area contributed by atoms with E-state index in [1.54, 1.807) is 24.3 Å². The number of rotatable bonds is 10. The van der Waals surface area contributed by atoms with Gasteiger partial charge in [-0.05, 0) is 48.5 Å². The number of hydrogen-bond acceptors (Lipinski definition) is 6. The maximum atomic E-state index is 13.2. The van der Waals surface area contributed by atoms with Crippen molar-refractivity contribution in [3.05, 3.63) is 72.3 Å². The Morgan fingerprint density at radius 1 is 0.656 bits per heavy atom. The summed E-state index contributed by atoms with van der Waals surface area (Å²) in [4.78, 5) is 0. The van der Waals surface area contributed by atoms with Gasteiger partial charge in [-0.3, -0.25) is 0 Å². The van der Waals surface area contributed by atoms with Crippen LogP contribution in [0, 0.1) is 0 Å². The van der Waals surface area contributed by atoms with Gasteiger partial charge in [0.15, 0.2) is 0 Å². The highest BCUT2D eigenvalue weighted by Gasteiger charge is 2.31. The van der Waals surface area contributed by atoms with E-state index in [1.165, 1.54) is 6.07 Å². The predicted octanol–water partition coefficient (Wildman–Crippen LogP) is 5.03. The number of nitrogens with one attached hydrogen (secondary N) is 2. The van der Waals surface area contributed by atoms with Gasteiger partial charge in [-0.1, -0.05) is 6.07 Å². The largest absolute Gasteiger partial charge is 0.457 e. The van der Waals surface area contributed by atoms with Gasteiger partial charge in [-0.25, -0.2) is 0 Å². The normalized spacial score (nSPS) is 11.2. The van der Waals surface area contributed by atoms with Crippen LogP contribution in [0.2, 0.25) is 0 Å². The fourth-order valence-electron chi connectivity index (χ4n) is 2.87. The molecule has 170 valence electrons. The van der Waals surface area contributed by atoms with Gasteiger partial charge in [0, 0.05) is 49.7 Å². The predicted molar refractivity (Wildman–Crippen MR) is 120 cm³/mol. The van der Waals surface area contributed by atoms with Crippen LogP contribution in [-0.2, 0) is 6.18 Å². The molecule has 0 aromatic heterocycles. The monoisotopic (exact) mass is 446 g/mol. The van der Waals surface area contributed by atoms with Crippen LogP contribution in [-0.4, -0.2) is 26.2 Å². The first-order chi connectivity index (χ1) is 15.4. The Balaban J connectivity index is 1.71. The smallest absolute Gasteiger partial charge is 0.416 e. The highest BCUT2D eigenvalue weighted by molar-refractivity contribution is 5.53. The lowest BCUT2D eigenvalue weighted by molar-refractivity contribution is -0.137. The molecule has 0 atom stereocenters. The third-order valence-corrected chi connectivity index (χ3v) is 4.31. The van der Waals surface area contributed by atoms with Gasteiger partial charge in [0.05, 0.1) is 5.56 Å². The molecule has 32 heavy (non-hydrogen) atoms. The molecule has 0 saturated heterocycles. The third kappa shape index (κ3) is 6.79. The Morgan fingerprint density at radius 3 is 1.81 bits per heavy atom. The summed E-state index contributed by atoms with van der Waals surface area (Å²) >= 11 is 0. The molecule has 0 bridgehead atoms. The summed E-state index contributed by atoms with van der Waals surface area (Å²) in [7, 11) is 0. The summed E-state index contributed by atoms with van der Waals surface area (Å²) in [5, 5.41) is 6.02. The Morgan fingerprint density at radius 2 is 1.22 bits per heavy atom. The number of hydrogen-bond donors (Lipinski definition) is 4. The highest BCUT2D eigenvalue weighted by atomic mass is 19.4. The number of ether oxygens (including phenoxy) is 2. The van der Waals surface area contributed by atoms with E-state index in [0.717, 1.165) is 17.8 Å². The van der Waals surface area contributed by atoms with Crippen LogP contribution < -0.4 is 31.6 Å². The quantitative estimate of drug-likeness (QED) is 0.349. The van der Waals surface area contributed by atoms with E-state index in [4.69, 9.17) is 20.9 Å². The second-order valence-electron chi connectivity index (χ2n) is 6.88. The van der Waals surface area contributed by atoms with E-state index in [2.05, 4.69) is 10.6 Å². The average molecular weight is 446 g/mol. The molecule has 0 aliphatic carbocycles. The van der Waals surface area contributed by atoms with Crippen molar-refractivity contribution in [1.82, 2.24) is 0 Å². The van der Waals surface area contributed by atoms with Crippen LogP contribution in [0.25, 0.3) is 0 Å². The second kappa shape index (κ2) is 10.7. The molecule has 0 aliphatic rings. The van der Waals surface area contributed by atoms with E-state index in [1.807, 2.05) is 24.3 Å². The molecule has 0 amide bonds. The molecular weight excluding hydrogens is 421 g/mol. The Kier molecular flexibility index (Phi) is 7.80. The standard InChI is InChI=1S/C23H25F3N4O2/c24-23(25,26)16-12-18(30-11-9-28)15-22(13-16)32-20-6-4-19(5-7-20)31-21-3-1-2-17(14-21)29-10-8-27/h1-7,12-15,29-30H,8-11,27-28H2. The molecule has 0 radical (unpaired) electrons. The Hall–Kier alpha value is -3.43. The minimum atomic E-state index is -4.50. The van der Waals surface area contributed by atoms with Gasteiger partial charge >= 0.3 is 6.18 Å². The average Bonchev–Trinajstić information content (AvgIpc) is 2.77. The minimum absolute atomic E-state index is 0.0618. The van der Waals surface area contributed by atoms with E-state index < -0.39 is 11.7 Å². The maximum absolute atomic E-state index is 13.2. The SMILES string of the molecule is NCCNc1cccc(Oc2ccc(Oc3cc(NCCN)cc(C(F)(F)F)c3)cc2)c1. The lowest BCUT2D eigenvalue weighted by Crippen LogP contribution is -2.14. The lowest BCUT2D eigenvalue weighted by atomic mass is 10.1. The van der Waals surface area contributed by atoms with Crippen molar-refractivity contribution in [2.24, 2.45) is 11.5 Å². The summed E-state index contributed by atoms with van der Waals surface area (Å²) in [5.74, 6) is 1.63. The topological polar surface area (TPSA) is 94.6 Å². The van der Waals surface area contributed by atoms with Crippen molar-refractivity contribution in [2.45, 2.75) is 6.18 Å². The molecule has 3 aromatic carbocycles. The number of halogens is 3. The van der Waals surface area contributed by atoms with Gasteiger partial charge in [-0.2, -0.15) is 13.2 Å². The highest BCUT2D eigenvalue weighted by Crippen LogP contribution is 2.36. The first kappa shape index (κ1) is 23.2. The zero-order chi connectivity index (χ0) is 23.0. The van der Waals surface area contributed by atoms with E-state index in [-0.39, 0.29) is 11.4 Å². The molecule has 3 rings (SSSR count). The molecule has 9 heteroatoms. The van der Waals surface area contributed by atoms with Crippen molar-refractivity contribution in [2.75, 3.05) is 36.8 Å². The van der Waals surface area contributed by atoms with Crippen molar-refractivity contribution < 1.29 is 22.6 Å². The molecule has 6 N–H and O–H groups in total. The molecule has 6 nitrogen and oxygen atoms in total. The third-order valence-electron chi connectivity index (χ3n) is 4.31. The fourth-order valence-corrected chi connectivity index (χ4v) is 2.87. The maximum Gasteiger partial charge on any atom is 0.416 e. The Labute approximate surface area is 184 Å². The van der Waals surface area contributed by atoms with Gasteiger partial charge < -0.3 is 31.6 Å². The van der Waals surface area contributed by atoms with Crippen molar-refractivity contribution in [3.8, 4) is 23.0 Å². The molecule has 0 heterocycles. The first-order valence-electron chi connectivity index (χ1n) is 10.0. The summed E-state index contributed by atoms with van der Waals surface area (Å²) in [5.41, 5.74) is 11.3. The molecule has 0 saturated carbocycles.